The van der Waals surface area contributed by atoms with Crippen LogP contribution in [0.3, 0.4) is 0 Å². The third-order valence-corrected chi connectivity index (χ3v) is 2.12. The minimum Gasteiger partial charge on any atom is -0.467 e. The van der Waals surface area contributed by atoms with Gasteiger partial charge in [0.25, 0.3) is 0 Å². The molecule has 0 unspecified atom stereocenters. The highest BCUT2D eigenvalue weighted by Crippen LogP contribution is 1.84. The Morgan fingerprint density at radius 3 is 1.62 bits per heavy atom. The number of carbonyl (C=O) groups is 2. The highest BCUT2D eigenvalue weighted by Gasteiger charge is 1.98. The third kappa shape index (κ3) is 16.9. The highest BCUT2D eigenvalue weighted by molar-refractivity contribution is 5.70. The quantitative estimate of drug-likeness (QED) is 0.213. The number of ether oxygens (including phenoxy) is 6. The van der Waals surface area contributed by atoms with Gasteiger partial charge >= 0.3 is 5.97 Å². The lowest BCUT2D eigenvalue weighted by Crippen LogP contribution is -2.15. The number of aldehydes is 1. The zero-order valence-corrected chi connectivity index (χ0v) is 12.4. The minimum atomic E-state index is -0.408. The van der Waals surface area contributed by atoms with Crippen molar-refractivity contribution in [3.63, 3.8) is 0 Å². The number of methoxy groups -OCH3 is 1. The molecule has 0 aliphatic carbocycles. The Balaban J connectivity index is 2.99. The van der Waals surface area contributed by atoms with Crippen molar-refractivity contribution in [3.8, 4) is 0 Å². The summed E-state index contributed by atoms with van der Waals surface area (Å²) in [6, 6.07) is 0. The normalized spacial score (nSPS) is 10.5. The van der Waals surface area contributed by atoms with E-state index in [0.717, 1.165) is 0 Å². The molecule has 0 aromatic rings. The maximum absolute atomic E-state index is 10.7. The van der Waals surface area contributed by atoms with E-state index in [0.29, 0.717) is 59.1 Å². The van der Waals surface area contributed by atoms with Crippen LogP contribution in [0.2, 0.25) is 0 Å². The van der Waals surface area contributed by atoms with Crippen molar-refractivity contribution in [3.05, 3.63) is 0 Å². The van der Waals surface area contributed by atoms with Gasteiger partial charge in [-0.1, -0.05) is 0 Å². The molecular formula is C13H24O8. The molecule has 8 nitrogen and oxygen atoms in total. The number of carbonyl (C=O) groups excluding carboxylic acids is 2. The Morgan fingerprint density at radius 1 is 0.762 bits per heavy atom. The lowest BCUT2D eigenvalue weighted by Gasteiger charge is -2.07. The van der Waals surface area contributed by atoms with Gasteiger partial charge in [0, 0.05) is 0 Å². The Labute approximate surface area is 124 Å². The zero-order valence-electron chi connectivity index (χ0n) is 12.4. The van der Waals surface area contributed by atoms with Gasteiger partial charge in [0.2, 0.25) is 0 Å². The average molecular weight is 308 g/mol. The maximum atomic E-state index is 10.7. The molecule has 0 saturated heterocycles. The minimum absolute atomic E-state index is 0.0652. The molecule has 0 aromatic carbocycles. The number of rotatable bonds is 16. The van der Waals surface area contributed by atoms with Gasteiger partial charge in [-0.15, -0.1) is 0 Å². The smallest absolute Gasteiger partial charge is 0.331 e. The van der Waals surface area contributed by atoms with E-state index < -0.39 is 5.97 Å². The molecule has 124 valence electrons. The topological polar surface area (TPSA) is 89.5 Å². The fourth-order valence-electron chi connectivity index (χ4n) is 1.12. The molecule has 0 aliphatic rings. The van der Waals surface area contributed by atoms with E-state index >= 15 is 0 Å². The molecule has 0 rings (SSSR count). The second kappa shape index (κ2) is 17.0. The van der Waals surface area contributed by atoms with Crippen molar-refractivity contribution in [1.29, 1.82) is 0 Å². The molecule has 0 heterocycles. The van der Waals surface area contributed by atoms with Crippen molar-refractivity contribution >= 4 is 12.3 Å². The summed E-state index contributed by atoms with van der Waals surface area (Å²) in [7, 11) is 1.31. The Bertz CT molecular complexity index is 246. The van der Waals surface area contributed by atoms with Crippen LogP contribution >= 0.6 is 0 Å². The molecule has 0 atom stereocenters. The number of hydrogen-bond acceptors (Lipinski definition) is 8. The van der Waals surface area contributed by atoms with Crippen LogP contribution in [-0.2, 0) is 38.0 Å². The predicted octanol–water partition coefficient (Wildman–Crippen LogP) is -0.559. The predicted molar refractivity (Wildman–Crippen MR) is 72.2 cm³/mol. The molecule has 0 spiro atoms. The average Bonchev–Trinajstić information content (AvgIpc) is 2.50. The van der Waals surface area contributed by atoms with Crippen LogP contribution < -0.4 is 0 Å². The fraction of sp³-hybridized carbons (Fsp3) is 0.846. The lowest BCUT2D eigenvalue weighted by atomic mass is 10.7. The molecule has 0 aromatic heterocycles. The summed E-state index contributed by atoms with van der Waals surface area (Å²) in [6.07, 6.45) is 0.698. The number of hydrogen-bond donors (Lipinski definition) is 0. The lowest BCUT2D eigenvalue weighted by molar-refractivity contribution is -0.146. The van der Waals surface area contributed by atoms with E-state index in [1.807, 2.05) is 0 Å². The largest absolute Gasteiger partial charge is 0.467 e. The van der Waals surface area contributed by atoms with Crippen molar-refractivity contribution in [2.45, 2.75) is 0 Å². The SMILES string of the molecule is COC(=O)COCCOCCOCCOCCOCC=O. The van der Waals surface area contributed by atoms with Gasteiger partial charge in [-0.2, -0.15) is 0 Å². The van der Waals surface area contributed by atoms with E-state index in [1.54, 1.807) is 0 Å². The van der Waals surface area contributed by atoms with Gasteiger partial charge in [-0.25, -0.2) is 4.79 Å². The maximum Gasteiger partial charge on any atom is 0.331 e. The van der Waals surface area contributed by atoms with Crippen LogP contribution in [0.4, 0.5) is 0 Å². The van der Waals surface area contributed by atoms with Gasteiger partial charge in [0.15, 0.2) is 0 Å². The second-order valence-corrected chi connectivity index (χ2v) is 3.71. The Morgan fingerprint density at radius 2 is 1.19 bits per heavy atom. The molecular weight excluding hydrogens is 284 g/mol. The summed E-state index contributed by atoms with van der Waals surface area (Å²) < 4.78 is 30.0. The van der Waals surface area contributed by atoms with Gasteiger partial charge < -0.3 is 33.2 Å². The van der Waals surface area contributed by atoms with Crippen molar-refractivity contribution < 1.29 is 38.0 Å². The second-order valence-electron chi connectivity index (χ2n) is 3.71. The summed E-state index contributed by atoms with van der Waals surface area (Å²) in [6.45, 7) is 3.43. The summed E-state index contributed by atoms with van der Waals surface area (Å²) in [4.78, 5) is 20.6. The summed E-state index contributed by atoms with van der Waals surface area (Å²) in [5.74, 6) is -0.408. The Kier molecular flexibility index (Phi) is 16.1. The standard InChI is InChI=1S/C13H24O8/c1-16-13(15)12-21-11-10-20-9-8-19-7-6-18-5-4-17-3-2-14/h2H,3-12H2,1H3. The zero-order chi connectivity index (χ0) is 15.6. The van der Waals surface area contributed by atoms with E-state index in [9.17, 15) is 9.59 Å². The first-order valence-electron chi connectivity index (χ1n) is 6.70. The third-order valence-electron chi connectivity index (χ3n) is 2.12. The molecule has 8 heteroatoms. The number of esters is 1. The Hall–Kier alpha value is -1.06. The first-order chi connectivity index (χ1) is 10.3. The first kappa shape index (κ1) is 19.9. The monoisotopic (exact) mass is 308 g/mol. The molecule has 0 bridgehead atoms. The van der Waals surface area contributed by atoms with E-state index in [2.05, 4.69) is 4.74 Å². The van der Waals surface area contributed by atoms with Crippen LogP contribution in [0.25, 0.3) is 0 Å². The van der Waals surface area contributed by atoms with E-state index in [4.69, 9.17) is 23.7 Å². The van der Waals surface area contributed by atoms with Crippen molar-refractivity contribution in [2.75, 3.05) is 73.2 Å². The molecule has 0 fully saturated rings. The van der Waals surface area contributed by atoms with Gasteiger partial charge in [-0.3, -0.25) is 0 Å². The van der Waals surface area contributed by atoms with Gasteiger partial charge in [0.1, 0.15) is 19.5 Å². The van der Waals surface area contributed by atoms with Crippen LogP contribution in [0.5, 0.6) is 0 Å². The highest BCUT2D eigenvalue weighted by atomic mass is 16.6. The summed E-state index contributed by atoms with van der Waals surface area (Å²) >= 11 is 0. The van der Waals surface area contributed by atoms with Crippen LogP contribution in [0, 0.1) is 0 Å². The molecule has 21 heavy (non-hydrogen) atoms. The van der Waals surface area contributed by atoms with E-state index in [1.165, 1.54) is 7.11 Å². The fourth-order valence-corrected chi connectivity index (χ4v) is 1.12. The van der Waals surface area contributed by atoms with Crippen LogP contribution in [0.15, 0.2) is 0 Å². The molecule has 0 saturated carbocycles. The molecule has 0 aliphatic heterocycles. The molecule has 0 radical (unpaired) electrons. The van der Waals surface area contributed by atoms with Crippen molar-refractivity contribution in [1.82, 2.24) is 0 Å². The summed E-state index contributed by atoms with van der Waals surface area (Å²) in [5, 5.41) is 0. The summed E-state index contributed by atoms with van der Waals surface area (Å²) in [5.41, 5.74) is 0. The van der Waals surface area contributed by atoms with E-state index in [-0.39, 0.29) is 13.2 Å². The van der Waals surface area contributed by atoms with Gasteiger partial charge in [-0.05, 0) is 0 Å². The van der Waals surface area contributed by atoms with Crippen molar-refractivity contribution in [2.24, 2.45) is 0 Å². The molecule has 0 amide bonds. The molecule has 0 N–H and O–H groups in total. The first-order valence-corrected chi connectivity index (χ1v) is 6.70. The van der Waals surface area contributed by atoms with Crippen LogP contribution in [-0.4, -0.2) is 85.4 Å². The van der Waals surface area contributed by atoms with Gasteiger partial charge in [0.05, 0.1) is 60.0 Å². The van der Waals surface area contributed by atoms with Crippen LogP contribution in [0.1, 0.15) is 0 Å².